The molecule has 0 aromatic heterocycles. The van der Waals surface area contributed by atoms with Crippen LogP contribution in [0.15, 0.2) is 18.2 Å². The summed E-state index contributed by atoms with van der Waals surface area (Å²) in [6.07, 6.45) is 3.62. The van der Waals surface area contributed by atoms with Gasteiger partial charge in [0, 0.05) is 6.04 Å². The molecule has 0 aliphatic carbocycles. The molecule has 2 aliphatic heterocycles. The summed E-state index contributed by atoms with van der Waals surface area (Å²) in [7, 11) is 0. The van der Waals surface area contributed by atoms with E-state index in [2.05, 4.69) is 0 Å². The number of nitrogens with zero attached hydrogens (tertiary/aromatic N) is 2. The number of hydrogen-bond acceptors (Lipinski definition) is 3. The maximum absolute atomic E-state index is 13.7. The molecule has 1 aromatic carbocycles. The number of rotatable bonds is 1. The Bertz CT molecular complexity index is 790. The molecule has 2 heterocycles. The molecule has 0 spiro atoms. The van der Waals surface area contributed by atoms with Crippen molar-refractivity contribution in [2.45, 2.75) is 57.7 Å². The minimum atomic E-state index is -1.03. The first-order chi connectivity index (χ1) is 11.7. The van der Waals surface area contributed by atoms with E-state index in [0.29, 0.717) is 12.0 Å². The second-order valence-electron chi connectivity index (χ2n) is 7.51. The molecule has 4 nitrogen and oxygen atoms in total. The molecular formula is C19H20F2N2O2. The monoisotopic (exact) mass is 346 g/mol. The van der Waals surface area contributed by atoms with E-state index in [1.807, 2.05) is 32.9 Å². The molecule has 3 rings (SSSR count). The lowest BCUT2D eigenvalue weighted by molar-refractivity contribution is 0.0175. The van der Waals surface area contributed by atoms with Gasteiger partial charge in [0.25, 0.3) is 0 Å². The van der Waals surface area contributed by atoms with Gasteiger partial charge >= 0.3 is 6.09 Å². The number of amides is 1. The van der Waals surface area contributed by atoms with E-state index in [1.54, 1.807) is 4.90 Å². The van der Waals surface area contributed by atoms with E-state index >= 15 is 0 Å². The van der Waals surface area contributed by atoms with Gasteiger partial charge in [-0.2, -0.15) is 5.26 Å². The average molecular weight is 346 g/mol. The van der Waals surface area contributed by atoms with Gasteiger partial charge in [0.05, 0.1) is 17.7 Å². The van der Waals surface area contributed by atoms with Crippen LogP contribution in [-0.4, -0.2) is 28.7 Å². The number of nitriles is 1. The minimum Gasteiger partial charge on any atom is -0.444 e. The highest BCUT2D eigenvalue weighted by Crippen LogP contribution is 2.40. The molecule has 6 heteroatoms. The maximum atomic E-state index is 13.7. The Kier molecular flexibility index (Phi) is 4.28. The predicted octanol–water partition coefficient (Wildman–Crippen LogP) is 4.39. The molecule has 1 aromatic rings. The predicted molar refractivity (Wildman–Crippen MR) is 88.6 cm³/mol. The lowest BCUT2D eigenvalue weighted by Crippen LogP contribution is -2.45. The van der Waals surface area contributed by atoms with E-state index < -0.39 is 17.2 Å². The Labute approximate surface area is 145 Å². The summed E-state index contributed by atoms with van der Waals surface area (Å²) in [6, 6.07) is 3.71. The Balaban J connectivity index is 1.92. The molecule has 2 atom stereocenters. The number of ether oxygens (including phenoxy) is 1. The van der Waals surface area contributed by atoms with Crippen molar-refractivity contribution in [3.05, 3.63) is 41.0 Å². The molecule has 2 unspecified atom stereocenters. The molecule has 25 heavy (non-hydrogen) atoms. The molecule has 2 bridgehead atoms. The van der Waals surface area contributed by atoms with Crippen LogP contribution in [0.5, 0.6) is 0 Å². The number of fused-ring (bicyclic) bond motifs is 2. The van der Waals surface area contributed by atoms with E-state index in [-0.39, 0.29) is 23.7 Å². The summed E-state index contributed by atoms with van der Waals surface area (Å²) in [5.74, 6) is -2.01. The quantitative estimate of drug-likeness (QED) is 0.758. The van der Waals surface area contributed by atoms with Gasteiger partial charge in [-0.15, -0.1) is 0 Å². The molecular weight excluding hydrogens is 326 g/mol. The summed E-state index contributed by atoms with van der Waals surface area (Å²) in [5, 5.41) is 9.23. The van der Waals surface area contributed by atoms with Crippen LogP contribution in [0, 0.1) is 23.0 Å². The van der Waals surface area contributed by atoms with Crippen LogP contribution < -0.4 is 0 Å². The maximum Gasteiger partial charge on any atom is 0.411 e. The molecule has 0 radical (unpaired) electrons. The highest BCUT2D eigenvalue weighted by atomic mass is 19.2. The van der Waals surface area contributed by atoms with Crippen molar-refractivity contribution in [1.82, 2.24) is 4.90 Å². The highest BCUT2D eigenvalue weighted by molar-refractivity contribution is 5.77. The third-order valence-electron chi connectivity index (χ3n) is 4.53. The molecule has 0 saturated carbocycles. The summed E-state index contributed by atoms with van der Waals surface area (Å²) < 4.78 is 32.5. The standard InChI is InChI=1S/C19H20F2N2O2/c1-19(2,3)25-18(24)23-13-4-5-14(23)7-11(6-13)15-9-17(21)16(20)8-12(15)10-22/h6,8-9,13-14H,4-5,7H2,1-3H3. The Morgan fingerprint density at radius 1 is 1.28 bits per heavy atom. The number of carbonyl (C=O) groups excluding carboxylic acids is 1. The van der Waals surface area contributed by atoms with Crippen molar-refractivity contribution in [2.75, 3.05) is 0 Å². The van der Waals surface area contributed by atoms with Gasteiger partial charge in [0.15, 0.2) is 11.6 Å². The second-order valence-corrected chi connectivity index (χ2v) is 7.51. The van der Waals surface area contributed by atoms with Gasteiger partial charge in [-0.25, -0.2) is 13.6 Å². The highest BCUT2D eigenvalue weighted by Gasteiger charge is 2.42. The van der Waals surface area contributed by atoms with Gasteiger partial charge in [-0.3, -0.25) is 4.90 Å². The molecule has 1 amide bonds. The number of hydrogen-bond donors (Lipinski definition) is 0. The molecule has 2 aliphatic rings. The van der Waals surface area contributed by atoms with E-state index in [9.17, 15) is 18.8 Å². The third kappa shape index (κ3) is 3.37. The average Bonchev–Trinajstić information content (AvgIpc) is 2.78. The summed E-state index contributed by atoms with van der Waals surface area (Å²) in [5.41, 5.74) is 0.717. The van der Waals surface area contributed by atoms with Crippen LogP contribution >= 0.6 is 0 Å². The molecule has 0 N–H and O–H groups in total. The zero-order chi connectivity index (χ0) is 18.4. The Hall–Kier alpha value is -2.42. The fraction of sp³-hybridized carbons (Fsp3) is 0.474. The van der Waals surface area contributed by atoms with Crippen molar-refractivity contribution in [3.8, 4) is 6.07 Å². The van der Waals surface area contributed by atoms with Gasteiger partial charge < -0.3 is 4.74 Å². The lowest BCUT2D eigenvalue weighted by atomic mass is 9.92. The zero-order valence-corrected chi connectivity index (χ0v) is 14.5. The molecule has 132 valence electrons. The van der Waals surface area contributed by atoms with Gasteiger partial charge in [-0.05, 0) is 63.3 Å². The van der Waals surface area contributed by atoms with Crippen molar-refractivity contribution in [3.63, 3.8) is 0 Å². The van der Waals surface area contributed by atoms with Crippen molar-refractivity contribution in [2.24, 2.45) is 0 Å². The molecule has 1 saturated heterocycles. The smallest absolute Gasteiger partial charge is 0.411 e. The first kappa shape index (κ1) is 17.4. The number of carbonyl (C=O) groups is 1. The summed E-state index contributed by atoms with van der Waals surface area (Å²) >= 11 is 0. The minimum absolute atomic E-state index is 0.0560. The fourth-order valence-corrected chi connectivity index (χ4v) is 3.53. The Morgan fingerprint density at radius 2 is 1.96 bits per heavy atom. The largest absolute Gasteiger partial charge is 0.444 e. The van der Waals surface area contributed by atoms with Crippen molar-refractivity contribution >= 4 is 11.7 Å². The first-order valence-corrected chi connectivity index (χ1v) is 8.31. The normalized spacial score (nSPS) is 22.4. The van der Waals surface area contributed by atoms with Crippen LogP contribution in [-0.2, 0) is 4.74 Å². The number of halogens is 2. The summed E-state index contributed by atoms with van der Waals surface area (Å²) in [4.78, 5) is 14.2. The summed E-state index contributed by atoms with van der Waals surface area (Å²) in [6.45, 7) is 5.45. The van der Waals surface area contributed by atoms with Crippen molar-refractivity contribution < 1.29 is 18.3 Å². The zero-order valence-electron chi connectivity index (χ0n) is 14.5. The van der Waals surface area contributed by atoms with Crippen LogP contribution in [0.25, 0.3) is 5.57 Å². The first-order valence-electron chi connectivity index (χ1n) is 8.31. The molecule has 1 fully saturated rings. The topological polar surface area (TPSA) is 53.3 Å². The van der Waals surface area contributed by atoms with Crippen LogP contribution in [0.2, 0.25) is 0 Å². The van der Waals surface area contributed by atoms with Crippen molar-refractivity contribution in [1.29, 1.82) is 5.26 Å². The van der Waals surface area contributed by atoms with E-state index in [0.717, 1.165) is 30.5 Å². The fourth-order valence-electron chi connectivity index (χ4n) is 3.53. The van der Waals surface area contributed by atoms with Crippen LogP contribution in [0.3, 0.4) is 0 Å². The van der Waals surface area contributed by atoms with E-state index in [1.165, 1.54) is 0 Å². The Morgan fingerprint density at radius 3 is 2.56 bits per heavy atom. The number of benzene rings is 1. The van der Waals surface area contributed by atoms with Gasteiger partial charge in [0.1, 0.15) is 5.60 Å². The second kappa shape index (κ2) is 6.14. The SMILES string of the molecule is CC(C)(C)OC(=O)N1C2C=C(c3cc(F)c(F)cc3C#N)CC1CC2. The van der Waals surface area contributed by atoms with Crippen LogP contribution in [0.4, 0.5) is 13.6 Å². The van der Waals surface area contributed by atoms with Gasteiger partial charge in [-0.1, -0.05) is 6.08 Å². The lowest BCUT2D eigenvalue weighted by Gasteiger charge is -2.35. The van der Waals surface area contributed by atoms with Crippen LogP contribution in [0.1, 0.15) is 51.2 Å². The van der Waals surface area contributed by atoms with E-state index in [4.69, 9.17) is 4.74 Å². The van der Waals surface area contributed by atoms with Gasteiger partial charge in [0.2, 0.25) is 0 Å². The third-order valence-corrected chi connectivity index (χ3v) is 4.53.